The zero-order valence-electron chi connectivity index (χ0n) is 16.4. The first-order valence-electron chi connectivity index (χ1n) is 8.97. The van der Waals surface area contributed by atoms with E-state index in [1.54, 1.807) is 38.1 Å². The molecule has 0 spiro atoms. The quantitative estimate of drug-likeness (QED) is 0.663. The Morgan fingerprint density at radius 2 is 1.76 bits per heavy atom. The fourth-order valence-electron chi connectivity index (χ4n) is 2.45. The highest BCUT2D eigenvalue weighted by atomic mass is 19.1. The maximum Gasteiger partial charge on any atom is 0.329 e. The van der Waals surface area contributed by atoms with Gasteiger partial charge in [-0.3, -0.25) is 9.59 Å². The summed E-state index contributed by atoms with van der Waals surface area (Å²) in [4.78, 5) is 36.7. The van der Waals surface area contributed by atoms with Crippen molar-refractivity contribution in [3.05, 3.63) is 59.9 Å². The van der Waals surface area contributed by atoms with Crippen LogP contribution in [0.4, 0.5) is 10.1 Å². The number of hydrogen-bond donors (Lipinski definition) is 2. The fraction of sp³-hybridized carbons (Fsp3) is 0.286. The Balaban J connectivity index is 1.92. The summed E-state index contributed by atoms with van der Waals surface area (Å²) in [6, 6.07) is 10.8. The van der Waals surface area contributed by atoms with Gasteiger partial charge >= 0.3 is 5.97 Å². The molecule has 8 heteroatoms. The molecule has 2 N–H and O–H groups in total. The Hall–Kier alpha value is -3.42. The van der Waals surface area contributed by atoms with E-state index in [2.05, 4.69) is 10.6 Å². The fourth-order valence-corrected chi connectivity index (χ4v) is 2.45. The van der Waals surface area contributed by atoms with E-state index in [-0.39, 0.29) is 11.6 Å². The van der Waals surface area contributed by atoms with Crippen molar-refractivity contribution >= 4 is 23.5 Å². The van der Waals surface area contributed by atoms with Crippen LogP contribution < -0.4 is 15.4 Å². The summed E-state index contributed by atoms with van der Waals surface area (Å²) in [7, 11) is 1.52. The predicted molar refractivity (Wildman–Crippen MR) is 105 cm³/mol. The first-order valence-corrected chi connectivity index (χ1v) is 8.97. The molecule has 7 nitrogen and oxygen atoms in total. The van der Waals surface area contributed by atoms with Crippen LogP contribution in [0.25, 0.3) is 0 Å². The molecule has 0 bridgehead atoms. The highest BCUT2D eigenvalue weighted by Gasteiger charge is 2.26. The second kappa shape index (κ2) is 10.2. The Kier molecular flexibility index (Phi) is 7.70. The number of benzene rings is 2. The van der Waals surface area contributed by atoms with Gasteiger partial charge in [-0.1, -0.05) is 19.9 Å². The number of ether oxygens (including phenoxy) is 2. The summed E-state index contributed by atoms with van der Waals surface area (Å²) in [5.74, 6) is -1.97. The minimum absolute atomic E-state index is 0.249. The van der Waals surface area contributed by atoms with E-state index < -0.39 is 36.2 Å². The summed E-state index contributed by atoms with van der Waals surface area (Å²) in [6.45, 7) is 2.93. The topological polar surface area (TPSA) is 93.7 Å². The molecule has 2 aromatic rings. The number of halogens is 1. The summed E-state index contributed by atoms with van der Waals surface area (Å²) in [5, 5.41) is 5.04. The molecule has 0 aliphatic heterocycles. The third kappa shape index (κ3) is 6.60. The Bertz CT molecular complexity index is 868. The Labute approximate surface area is 168 Å². The first-order chi connectivity index (χ1) is 13.8. The van der Waals surface area contributed by atoms with E-state index in [1.165, 1.54) is 25.3 Å². The summed E-state index contributed by atoms with van der Waals surface area (Å²) < 4.78 is 23.2. The maximum absolute atomic E-state index is 13.1. The number of hydrogen-bond acceptors (Lipinski definition) is 5. The van der Waals surface area contributed by atoms with Crippen molar-refractivity contribution in [3.63, 3.8) is 0 Å². The molecular formula is C21H23FN2O5. The molecular weight excluding hydrogens is 379 g/mol. The van der Waals surface area contributed by atoms with Crippen molar-refractivity contribution in [2.45, 2.75) is 19.9 Å². The zero-order chi connectivity index (χ0) is 21.4. The van der Waals surface area contributed by atoms with Crippen LogP contribution in [0.2, 0.25) is 0 Å². The largest absolute Gasteiger partial charge is 0.497 e. The molecule has 2 aromatic carbocycles. The second-order valence-electron chi connectivity index (χ2n) is 6.59. The molecule has 0 saturated carbocycles. The standard InChI is InChI=1S/C21H23FN2O5/c1-13(2)19(24-20(26)14-7-9-17(28-3)10-8-14)21(27)29-12-18(25)23-16-6-4-5-15(22)11-16/h4-11,13,19H,12H2,1-3H3,(H,23,25)(H,24,26)/t19-/m0/s1. The lowest BCUT2D eigenvalue weighted by Gasteiger charge is -2.21. The summed E-state index contributed by atoms with van der Waals surface area (Å²) in [6.07, 6.45) is 0. The van der Waals surface area contributed by atoms with Crippen molar-refractivity contribution in [3.8, 4) is 5.75 Å². The number of esters is 1. The van der Waals surface area contributed by atoms with Gasteiger partial charge in [0.2, 0.25) is 0 Å². The molecule has 0 aromatic heterocycles. The van der Waals surface area contributed by atoms with Crippen LogP contribution in [0, 0.1) is 11.7 Å². The van der Waals surface area contributed by atoms with Crippen molar-refractivity contribution in [1.29, 1.82) is 0 Å². The molecule has 0 fully saturated rings. The molecule has 1 atom stereocenters. The van der Waals surface area contributed by atoms with Gasteiger partial charge in [0, 0.05) is 11.3 Å². The maximum atomic E-state index is 13.1. The second-order valence-corrected chi connectivity index (χ2v) is 6.59. The molecule has 0 saturated heterocycles. The van der Waals surface area contributed by atoms with Gasteiger partial charge in [-0.25, -0.2) is 9.18 Å². The van der Waals surface area contributed by atoms with Gasteiger partial charge in [-0.15, -0.1) is 0 Å². The van der Waals surface area contributed by atoms with E-state index in [9.17, 15) is 18.8 Å². The molecule has 0 unspecified atom stereocenters. The number of methoxy groups -OCH3 is 1. The highest BCUT2D eigenvalue weighted by Crippen LogP contribution is 2.13. The van der Waals surface area contributed by atoms with Gasteiger partial charge in [-0.2, -0.15) is 0 Å². The van der Waals surface area contributed by atoms with Crippen LogP contribution in [0.1, 0.15) is 24.2 Å². The Morgan fingerprint density at radius 1 is 1.07 bits per heavy atom. The first kappa shape index (κ1) is 21.9. The van der Waals surface area contributed by atoms with Crippen molar-refractivity contribution in [2.24, 2.45) is 5.92 Å². The van der Waals surface area contributed by atoms with E-state index in [1.807, 2.05) is 0 Å². The normalized spacial score (nSPS) is 11.5. The van der Waals surface area contributed by atoms with Gasteiger partial charge < -0.3 is 20.1 Å². The lowest BCUT2D eigenvalue weighted by Crippen LogP contribution is -2.45. The Morgan fingerprint density at radius 3 is 2.34 bits per heavy atom. The molecule has 29 heavy (non-hydrogen) atoms. The minimum atomic E-state index is -0.938. The molecule has 0 aliphatic carbocycles. The van der Waals surface area contributed by atoms with Gasteiger partial charge in [0.15, 0.2) is 6.61 Å². The van der Waals surface area contributed by atoms with E-state index in [4.69, 9.17) is 9.47 Å². The number of rotatable bonds is 8. The number of amides is 2. The third-order valence-corrected chi connectivity index (χ3v) is 4.01. The average molecular weight is 402 g/mol. The van der Waals surface area contributed by atoms with Crippen molar-refractivity contribution in [2.75, 3.05) is 19.0 Å². The van der Waals surface area contributed by atoms with Crippen LogP contribution >= 0.6 is 0 Å². The van der Waals surface area contributed by atoms with Crippen LogP contribution in [-0.4, -0.2) is 37.5 Å². The SMILES string of the molecule is COc1ccc(C(=O)N[C@H](C(=O)OCC(=O)Nc2cccc(F)c2)C(C)C)cc1. The van der Waals surface area contributed by atoms with Crippen LogP contribution in [0.5, 0.6) is 5.75 Å². The summed E-state index contributed by atoms with van der Waals surface area (Å²) in [5.41, 5.74) is 0.604. The van der Waals surface area contributed by atoms with Gasteiger partial charge in [0.25, 0.3) is 11.8 Å². The minimum Gasteiger partial charge on any atom is -0.497 e. The molecule has 0 aliphatic rings. The zero-order valence-corrected chi connectivity index (χ0v) is 16.4. The number of carbonyl (C=O) groups is 3. The van der Waals surface area contributed by atoms with Gasteiger partial charge in [0.05, 0.1) is 7.11 Å². The average Bonchev–Trinajstić information content (AvgIpc) is 2.70. The van der Waals surface area contributed by atoms with Crippen LogP contribution in [-0.2, 0) is 14.3 Å². The van der Waals surface area contributed by atoms with E-state index >= 15 is 0 Å². The molecule has 2 amide bonds. The van der Waals surface area contributed by atoms with Crippen molar-refractivity contribution in [1.82, 2.24) is 5.32 Å². The summed E-state index contributed by atoms with van der Waals surface area (Å²) >= 11 is 0. The van der Waals surface area contributed by atoms with Crippen LogP contribution in [0.15, 0.2) is 48.5 Å². The van der Waals surface area contributed by atoms with E-state index in [0.717, 1.165) is 6.07 Å². The number of nitrogens with one attached hydrogen (secondary N) is 2. The molecule has 2 rings (SSSR count). The number of anilines is 1. The third-order valence-electron chi connectivity index (χ3n) is 4.01. The molecule has 154 valence electrons. The lowest BCUT2D eigenvalue weighted by atomic mass is 10.0. The lowest BCUT2D eigenvalue weighted by molar-refractivity contribution is -0.150. The van der Waals surface area contributed by atoms with Gasteiger partial charge in [0.1, 0.15) is 17.6 Å². The highest BCUT2D eigenvalue weighted by molar-refractivity contribution is 5.97. The smallest absolute Gasteiger partial charge is 0.329 e. The number of carbonyl (C=O) groups excluding carboxylic acids is 3. The van der Waals surface area contributed by atoms with Crippen LogP contribution in [0.3, 0.4) is 0 Å². The molecule has 0 heterocycles. The van der Waals surface area contributed by atoms with Gasteiger partial charge in [-0.05, 0) is 48.4 Å². The predicted octanol–water partition coefficient (Wildman–Crippen LogP) is 2.77. The monoisotopic (exact) mass is 402 g/mol. The molecule has 0 radical (unpaired) electrons. The van der Waals surface area contributed by atoms with E-state index in [0.29, 0.717) is 11.3 Å². The van der Waals surface area contributed by atoms with Crippen molar-refractivity contribution < 1.29 is 28.2 Å².